The molecule has 0 radical (unpaired) electrons. The highest BCUT2D eigenvalue weighted by Gasteiger charge is 2.25. The molecule has 1 N–H and O–H groups in total. The molecule has 0 aliphatic rings. The summed E-state index contributed by atoms with van der Waals surface area (Å²) in [7, 11) is -5.60. The third-order valence-electron chi connectivity index (χ3n) is 2.98. The summed E-state index contributed by atoms with van der Waals surface area (Å²) in [5.41, 5.74) is 1.02. The summed E-state index contributed by atoms with van der Waals surface area (Å²) in [6.07, 6.45) is 1.11. The van der Waals surface area contributed by atoms with Crippen LogP contribution in [0.3, 0.4) is 0 Å². The van der Waals surface area contributed by atoms with Crippen LogP contribution in [0.25, 0.3) is 0 Å². The Morgan fingerprint density at radius 1 is 1.26 bits per heavy atom. The Kier molecular flexibility index (Phi) is 4.74. The maximum atomic E-state index is 12.5. The minimum absolute atomic E-state index is 0.00212. The normalized spacial score (nSPS) is 12.3. The number of sulfone groups is 1. The summed E-state index contributed by atoms with van der Waals surface area (Å²) in [6, 6.07) is 6.19. The quantitative estimate of drug-likeness (QED) is 0.855. The van der Waals surface area contributed by atoms with E-state index < -0.39 is 19.9 Å². The van der Waals surface area contributed by atoms with E-state index in [1.54, 1.807) is 26.1 Å². The van der Waals surface area contributed by atoms with E-state index in [-0.39, 0.29) is 27.2 Å². The molecule has 0 fully saturated rings. The van der Waals surface area contributed by atoms with Crippen LogP contribution in [0.5, 0.6) is 0 Å². The van der Waals surface area contributed by atoms with Crippen LogP contribution in [0.15, 0.2) is 29.2 Å². The Hall–Kier alpha value is -1.58. The van der Waals surface area contributed by atoms with Crippen LogP contribution < -0.4 is 4.72 Å². The number of nitrogens with zero attached hydrogens (tertiary/aromatic N) is 2. The SMILES string of the molecule is Cc1nn(C)c(Cl)c1S(=O)(=O)Nc1cccc(CS(C)(=O)=O)c1. The fourth-order valence-corrected chi connectivity index (χ4v) is 4.74. The molecule has 0 amide bonds. The van der Waals surface area contributed by atoms with E-state index >= 15 is 0 Å². The van der Waals surface area contributed by atoms with E-state index in [0.29, 0.717) is 5.56 Å². The fourth-order valence-electron chi connectivity index (χ4n) is 2.15. The molecule has 7 nitrogen and oxygen atoms in total. The van der Waals surface area contributed by atoms with E-state index in [9.17, 15) is 16.8 Å². The fraction of sp³-hybridized carbons (Fsp3) is 0.308. The minimum atomic E-state index is -3.93. The summed E-state index contributed by atoms with van der Waals surface area (Å²) in [5.74, 6) is -0.171. The number of rotatable bonds is 5. The number of aromatic nitrogens is 2. The smallest absolute Gasteiger partial charge is 0.266 e. The first-order valence-electron chi connectivity index (χ1n) is 6.48. The van der Waals surface area contributed by atoms with Gasteiger partial charge < -0.3 is 0 Å². The molecule has 0 aliphatic heterocycles. The van der Waals surface area contributed by atoms with Crippen LogP contribution in [-0.2, 0) is 32.7 Å². The number of sulfonamides is 1. The average Bonchev–Trinajstić information content (AvgIpc) is 2.61. The molecule has 0 unspecified atom stereocenters. The third-order valence-corrected chi connectivity index (χ3v) is 5.91. The van der Waals surface area contributed by atoms with Crippen molar-refractivity contribution in [2.75, 3.05) is 11.0 Å². The van der Waals surface area contributed by atoms with Crippen molar-refractivity contribution < 1.29 is 16.8 Å². The molecular formula is C13H16ClN3O4S2. The average molecular weight is 378 g/mol. The molecule has 1 aromatic heterocycles. The molecule has 1 aromatic carbocycles. The second-order valence-corrected chi connectivity index (χ2v) is 9.32. The second kappa shape index (κ2) is 6.14. The van der Waals surface area contributed by atoms with Crippen molar-refractivity contribution in [3.8, 4) is 0 Å². The van der Waals surface area contributed by atoms with Crippen molar-refractivity contribution >= 4 is 37.1 Å². The van der Waals surface area contributed by atoms with Crippen molar-refractivity contribution in [3.63, 3.8) is 0 Å². The topological polar surface area (TPSA) is 98.1 Å². The van der Waals surface area contributed by atoms with Gasteiger partial charge in [-0.15, -0.1) is 0 Å². The Labute approximate surface area is 140 Å². The van der Waals surface area contributed by atoms with Gasteiger partial charge in [-0.3, -0.25) is 9.40 Å². The highest BCUT2D eigenvalue weighted by Crippen LogP contribution is 2.26. The summed E-state index contributed by atoms with van der Waals surface area (Å²) < 4.78 is 51.3. The zero-order valence-electron chi connectivity index (χ0n) is 12.7. The summed E-state index contributed by atoms with van der Waals surface area (Å²) in [6.45, 7) is 1.54. The van der Waals surface area contributed by atoms with Crippen LogP contribution in [0.1, 0.15) is 11.3 Å². The van der Waals surface area contributed by atoms with Crippen molar-refractivity contribution in [1.82, 2.24) is 9.78 Å². The van der Waals surface area contributed by atoms with Gasteiger partial charge in [-0.05, 0) is 24.6 Å². The van der Waals surface area contributed by atoms with Crippen molar-refractivity contribution in [2.45, 2.75) is 17.6 Å². The Morgan fingerprint density at radius 2 is 1.91 bits per heavy atom. The molecule has 0 saturated carbocycles. The molecule has 0 spiro atoms. The lowest BCUT2D eigenvalue weighted by Crippen LogP contribution is -2.14. The Morgan fingerprint density at radius 3 is 2.43 bits per heavy atom. The zero-order chi connectivity index (χ0) is 17.4. The molecule has 0 aliphatic carbocycles. The largest absolute Gasteiger partial charge is 0.279 e. The standard InChI is InChI=1S/C13H16ClN3O4S2/c1-9-12(13(14)17(2)15-9)23(20,21)16-11-6-4-5-10(7-11)8-22(3,18)19/h4-7,16H,8H2,1-3H3. The minimum Gasteiger partial charge on any atom is -0.279 e. The lowest BCUT2D eigenvalue weighted by Gasteiger charge is -2.09. The van der Waals surface area contributed by atoms with Gasteiger partial charge in [0.15, 0.2) is 9.84 Å². The number of hydrogen-bond acceptors (Lipinski definition) is 5. The van der Waals surface area contributed by atoms with Gasteiger partial charge in [0.25, 0.3) is 10.0 Å². The predicted molar refractivity (Wildman–Crippen MR) is 88.8 cm³/mol. The van der Waals surface area contributed by atoms with E-state index in [1.165, 1.54) is 16.8 Å². The summed E-state index contributed by atoms with van der Waals surface area (Å²) in [4.78, 5) is -0.102. The van der Waals surface area contributed by atoms with Gasteiger partial charge in [0.05, 0.1) is 11.4 Å². The third kappa shape index (κ3) is 4.24. The van der Waals surface area contributed by atoms with Crippen LogP contribution in [0.2, 0.25) is 5.15 Å². The number of benzene rings is 1. The Bertz CT molecular complexity index is 950. The van der Waals surface area contributed by atoms with Gasteiger partial charge >= 0.3 is 0 Å². The molecule has 126 valence electrons. The molecular weight excluding hydrogens is 362 g/mol. The molecule has 0 bridgehead atoms. The number of aryl methyl sites for hydroxylation is 2. The van der Waals surface area contributed by atoms with Gasteiger partial charge in [0.1, 0.15) is 10.0 Å². The van der Waals surface area contributed by atoms with Crippen LogP contribution in [0.4, 0.5) is 5.69 Å². The van der Waals surface area contributed by atoms with E-state index in [0.717, 1.165) is 6.26 Å². The molecule has 2 rings (SSSR count). The lowest BCUT2D eigenvalue weighted by molar-refractivity contribution is 0.599. The molecule has 0 atom stereocenters. The first-order valence-corrected chi connectivity index (χ1v) is 10.4. The van der Waals surface area contributed by atoms with Gasteiger partial charge in [-0.25, -0.2) is 16.8 Å². The number of halogens is 1. The maximum absolute atomic E-state index is 12.5. The van der Waals surface area contributed by atoms with Gasteiger partial charge in [-0.1, -0.05) is 23.7 Å². The number of hydrogen-bond donors (Lipinski definition) is 1. The highest BCUT2D eigenvalue weighted by molar-refractivity contribution is 7.93. The van der Waals surface area contributed by atoms with Gasteiger partial charge in [0, 0.05) is 19.0 Å². The monoisotopic (exact) mass is 377 g/mol. The molecule has 2 aromatic rings. The number of nitrogens with one attached hydrogen (secondary N) is 1. The predicted octanol–water partition coefficient (Wildman–Crippen LogP) is 1.73. The zero-order valence-corrected chi connectivity index (χ0v) is 15.1. The highest BCUT2D eigenvalue weighted by atomic mass is 35.5. The Balaban J connectivity index is 2.36. The van der Waals surface area contributed by atoms with Crippen LogP contribution in [0, 0.1) is 6.92 Å². The first kappa shape index (κ1) is 17.8. The van der Waals surface area contributed by atoms with Crippen LogP contribution >= 0.6 is 11.6 Å². The van der Waals surface area contributed by atoms with E-state index in [4.69, 9.17) is 11.6 Å². The van der Waals surface area contributed by atoms with Crippen molar-refractivity contribution in [3.05, 3.63) is 40.7 Å². The van der Waals surface area contributed by atoms with Crippen molar-refractivity contribution in [2.24, 2.45) is 7.05 Å². The second-order valence-electron chi connectivity index (χ2n) is 5.20. The molecule has 10 heteroatoms. The number of anilines is 1. The molecule has 23 heavy (non-hydrogen) atoms. The summed E-state index contributed by atoms with van der Waals surface area (Å²) in [5, 5.41) is 3.97. The molecule has 1 heterocycles. The van der Waals surface area contributed by atoms with Gasteiger partial charge in [0.2, 0.25) is 0 Å². The molecule has 0 saturated heterocycles. The van der Waals surface area contributed by atoms with E-state index in [1.807, 2.05) is 0 Å². The van der Waals surface area contributed by atoms with Crippen molar-refractivity contribution in [1.29, 1.82) is 0 Å². The maximum Gasteiger partial charge on any atom is 0.266 e. The van der Waals surface area contributed by atoms with Crippen LogP contribution in [-0.4, -0.2) is 32.9 Å². The lowest BCUT2D eigenvalue weighted by atomic mass is 10.2. The van der Waals surface area contributed by atoms with E-state index in [2.05, 4.69) is 9.82 Å². The summed E-state index contributed by atoms with van der Waals surface area (Å²) >= 11 is 5.99. The first-order chi connectivity index (χ1) is 10.5. The van der Waals surface area contributed by atoms with Gasteiger partial charge in [-0.2, -0.15) is 5.10 Å².